The number of amides is 2. The van der Waals surface area contributed by atoms with Gasteiger partial charge >= 0.3 is 0 Å². The van der Waals surface area contributed by atoms with E-state index in [9.17, 15) is 9.59 Å². The predicted molar refractivity (Wildman–Crippen MR) is 106 cm³/mol. The Morgan fingerprint density at radius 2 is 1.63 bits per heavy atom. The van der Waals surface area contributed by atoms with Crippen LogP contribution in [-0.2, 0) is 16.1 Å². The zero-order valence-electron chi connectivity index (χ0n) is 14.8. The lowest BCUT2D eigenvalue weighted by atomic mass is 10.0. The van der Waals surface area contributed by atoms with Gasteiger partial charge in [0.1, 0.15) is 5.70 Å². The number of carbonyl (C=O) groups excluding carboxylic acids is 2. The molecular weight excluding hydrogens is 338 g/mol. The second-order valence-electron chi connectivity index (χ2n) is 6.60. The summed E-state index contributed by atoms with van der Waals surface area (Å²) in [6.07, 6.45) is 3.81. The molecule has 2 amide bonds. The predicted octanol–water partition coefficient (Wildman–Crippen LogP) is 3.64. The second kappa shape index (κ2) is 5.71. The summed E-state index contributed by atoms with van der Waals surface area (Å²) >= 11 is 0. The normalized spacial score (nSPS) is 14.6. The van der Waals surface area contributed by atoms with Gasteiger partial charge in [0.2, 0.25) is 0 Å². The van der Waals surface area contributed by atoms with E-state index in [0.717, 1.165) is 33.9 Å². The van der Waals surface area contributed by atoms with E-state index in [1.54, 1.807) is 0 Å². The summed E-state index contributed by atoms with van der Waals surface area (Å²) in [5.74, 6) is -0.725. The van der Waals surface area contributed by atoms with Gasteiger partial charge in [-0.15, -0.1) is 0 Å². The standard InChI is InChI=1S/C22H17N3O2/c1-2-24-13-16(15-8-4-6-10-18(15)24)19-20(22(27)23-21(19)26)25-12-11-14-7-3-5-9-17(14)25/h3-13H,2H2,1H3,(H,23,26,27). The Labute approximate surface area is 155 Å². The Bertz CT molecular complexity index is 1270. The maximum atomic E-state index is 12.8. The van der Waals surface area contributed by atoms with E-state index in [4.69, 9.17) is 0 Å². The number of fused-ring (bicyclic) bond motifs is 2. The molecule has 132 valence electrons. The molecule has 1 aliphatic heterocycles. The zero-order valence-corrected chi connectivity index (χ0v) is 14.8. The van der Waals surface area contributed by atoms with Gasteiger partial charge in [0.25, 0.3) is 11.8 Å². The maximum absolute atomic E-state index is 12.8. The van der Waals surface area contributed by atoms with Crippen LogP contribution in [-0.4, -0.2) is 20.9 Å². The van der Waals surface area contributed by atoms with Gasteiger partial charge in [0, 0.05) is 35.4 Å². The van der Waals surface area contributed by atoms with Gasteiger partial charge in [-0.05, 0) is 30.5 Å². The highest BCUT2D eigenvalue weighted by molar-refractivity contribution is 6.47. The highest BCUT2D eigenvalue weighted by atomic mass is 16.2. The van der Waals surface area contributed by atoms with Crippen molar-refractivity contribution in [2.24, 2.45) is 0 Å². The zero-order chi connectivity index (χ0) is 18.5. The summed E-state index contributed by atoms with van der Waals surface area (Å²) in [6.45, 7) is 2.84. The van der Waals surface area contributed by atoms with Crippen molar-refractivity contribution in [1.29, 1.82) is 0 Å². The summed E-state index contributed by atoms with van der Waals surface area (Å²) in [7, 11) is 0. The summed E-state index contributed by atoms with van der Waals surface area (Å²) < 4.78 is 3.90. The lowest BCUT2D eigenvalue weighted by Crippen LogP contribution is -2.23. The fourth-order valence-electron chi connectivity index (χ4n) is 3.91. The van der Waals surface area contributed by atoms with Crippen molar-refractivity contribution >= 4 is 44.9 Å². The third-order valence-corrected chi connectivity index (χ3v) is 5.14. The number of rotatable bonds is 3. The fourth-order valence-corrected chi connectivity index (χ4v) is 3.91. The van der Waals surface area contributed by atoms with Gasteiger partial charge in [-0.1, -0.05) is 36.4 Å². The number of aromatic nitrogens is 2. The molecule has 0 spiro atoms. The third-order valence-electron chi connectivity index (χ3n) is 5.14. The molecule has 0 unspecified atom stereocenters. The van der Waals surface area contributed by atoms with E-state index in [-0.39, 0.29) is 11.8 Å². The van der Waals surface area contributed by atoms with Crippen LogP contribution in [0.5, 0.6) is 0 Å². The van der Waals surface area contributed by atoms with E-state index < -0.39 is 0 Å². The number of nitrogens with zero attached hydrogens (tertiary/aromatic N) is 2. The van der Waals surface area contributed by atoms with Gasteiger partial charge < -0.3 is 9.13 Å². The van der Waals surface area contributed by atoms with Crippen molar-refractivity contribution in [3.05, 3.63) is 72.6 Å². The maximum Gasteiger partial charge on any atom is 0.275 e. The fraction of sp³-hybridized carbons (Fsp3) is 0.0909. The van der Waals surface area contributed by atoms with Crippen molar-refractivity contribution in [1.82, 2.24) is 14.5 Å². The van der Waals surface area contributed by atoms with Crippen LogP contribution in [0.1, 0.15) is 12.5 Å². The largest absolute Gasteiger partial charge is 0.347 e. The molecule has 0 fully saturated rings. The molecule has 0 saturated heterocycles. The van der Waals surface area contributed by atoms with Crippen LogP contribution in [0.3, 0.4) is 0 Å². The molecule has 5 heteroatoms. The molecule has 2 aromatic carbocycles. The van der Waals surface area contributed by atoms with E-state index >= 15 is 0 Å². The monoisotopic (exact) mass is 355 g/mol. The Balaban J connectivity index is 1.86. The second-order valence-corrected chi connectivity index (χ2v) is 6.60. The summed E-state index contributed by atoms with van der Waals surface area (Å²) in [5, 5.41) is 4.47. The van der Waals surface area contributed by atoms with Crippen molar-refractivity contribution in [3.8, 4) is 0 Å². The minimum Gasteiger partial charge on any atom is -0.347 e. The Morgan fingerprint density at radius 3 is 2.44 bits per heavy atom. The van der Waals surface area contributed by atoms with Crippen LogP contribution in [0.25, 0.3) is 33.1 Å². The van der Waals surface area contributed by atoms with Crippen LogP contribution >= 0.6 is 0 Å². The number of nitrogens with one attached hydrogen (secondary N) is 1. The quantitative estimate of drug-likeness (QED) is 0.571. The van der Waals surface area contributed by atoms with Crippen LogP contribution < -0.4 is 5.32 Å². The molecule has 4 aromatic rings. The first-order valence-corrected chi connectivity index (χ1v) is 8.93. The minimum atomic E-state index is -0.371. The van der Waals surface area contributed by atoms with Crippen molar-refractivity contribution in [3.63, 3.8) is 0 Å². The Kier molecular flexibility index (Phi) is 3.31. The highest BCUT2D eigenvalue weighted by Crippen LogP contribution is 2.35. The average Bonchev–Trinajstić information content (AvgIpc) is 3.34. The Morgan fingerprint density at radius 1 is 0.889 bits per heavy atom. The molecule has 5 nitrogen and oxygen atoms in total. The average molecular weight is 355 g/mol. The number of carbonyl (C=O) groups is 2. The molecule has 27 heavy (non-hydrogen) atoms. The van der Waals surface area contributed by atoms with Crippen LogP contribution in [0, 0.1) is 0 Å². The molecule has 0 aliphatic carbocycles. The lowest BCUT2D eigenvalue weighted by Gasteiger charge is -2.07. The lowest BCUT2D eigenvalue weighted by molar-refractivity contribution is -0.122. The van der Waals surface area contributed by atoms with Crippen molar-refractivity contribution in [2.45, 2.75) is 13.5 Å². The van der Waals surface area contributed by atoms with Gasteiger partial charge in [0.15, 0.2) is 0 Å². The third kappa shape index (κ3) is 2.18. The number of imide groups is 1. The molecule has 1 aliphatic rings. The smallest absolute Gasteiger partial charge is 0.275 e. The van der Waals surface area contributed by atoms with E-state index in [1.165, 1.54) is 0 Å². The van der Waals surface area contributed by atoms with Crippen LogP contribution in [0.4, 0.5) is 0 Å². The first-order valence-electron chi connectivity index (χ1n) is 8.93. The molecular formula is C22H17N3O2. The van der Waals surface area contributed by atoms with E-state index in [1.807, 2.05) is 71.6 Å². The number of hydrogen-bond donors (Lipinski definition) is 1. The molecule has 0 radical (unpaired) electrons. The topological polar surface area (TPSA) is 56.0 Å². The molecule has 3 heterocycles. The first-order chi connectivity index (χ1) is 13.2. The van der Waals surface area contributed by atoms with Crippen molar-refractivity contribution in [2.75, 3.05) is 0 Å². The summed E-state index contributed by atoms with van der Waals surface area (Å²) in [4.78, 5) is 25.5. The van der Waals surface area contributed by atoms with Gasteiger partial charge in [-0.3, -0.25) is 14.9 Å². The Hall–Kier alpha value is -3.60. The highest BCUT2D eigenvalue weighted by Gasteiger charge is 2.34. The molecule has 0 bridgehead atoms. The van der Waals surface area contributed by atoms with Gasteiger partial charge in [0.05, 0.1) is 11.1 Å². The number of aryl methyl sites for hydroxylation is 1. The van der Waals surface area contributed by atoms with Crippen LogP contribution in [0.2, 0.25) is 0 Å². The summed E-state index contributed by atoms with van der Waals surface area (Å²) in [6, 6.07) is 17.7. The summed E-state index contributed by atoms with van der Waals surface area (Å²) in [5.41, 5.74) is 3.52. The molecule has 1 N–H and O–H groups in total. The SMILES string of the molecule is CCn1cc(C2=C(n3ccc4ccccc43)C(=O)NC2=O)c2ccccc21. The molecule has 0 saturated carbocycles. The van der Waals surface area contributed by atoms with Gasteiger partial charge in [-0.2, -0.15) is 0 Å². The first kappa shape index (κ1) is 15.6. The molecule has 5 rings (SSSR count). The molecule has 0 atom stereocenters. The minimum absolute atomic E-state index is 0.355. The number of para-hydroxylation sites is 2. The number of benzene rings is 2. The van der Waals surface area contributed by atoms with E-state index in [0.29, 0.717) is 11.3 Å². The molecule has 2 aromatic heterocycles. The van der Waals surface area contributed by atoms with Crippen LogP contribution in [0.15, 0.2) is 67.0 Å². The number of hydrogen-bond acceptors (Lipinski definition) is 2. The van der Waals surface area contributed by atoms with Gasteiger partial charge in [-0.25, -0.2) is 0 Å². The van der Waals surface area contributed by atoms with Crippen molar-refractivity contribution < 1.29 is 9.59 Å². The van der Waals surface area contributed by atoms with E-state index in [2.05, 4.69) is 16.8 Å².